The molecule has 0 heterocycles. The average Bonchev–Trinajstić information content (AvgIpc) is 2.38. The maximum Gasteiger partial charge on any atom is 0.193 e. The van der Waals surface area contributed by atoms with Crippen LogP contribution in [0.5, 0.6) is 0 Å². The van der Waals surface area contributed by atoms with E-state index in [0.717, 1.165) is 20.6 Å². The standard InChI is InChI=1S/C17H15IO/c18-16-10-8-15(9-11-16)17(19)14-6-4-13(5-7-14)12-2-1-3-12/h4-12H,1-3H2. The van der Waals surface area contributed by atoms with Crippen LogP contribution in [-0.2, 0) is 0 Å². The van der Waals surface area contributed by atoms with Crippen molar-refractivity contribution in [3.63, 3.8) is 0 Å². The first-order valence-electron chi connectivity index (χ1n) is 6.64. The van der Waals surface area contributed by atoms with E-state index in [-0.39, 0.29) is 5.78 Å². The van der Waals surface area contributed by atoms with E-state index in [0.29, 0.717) is 0 Å². The van der Waals surface area contributed by atoms with E-state index in [2.05, 4.69) is 34.7 Å². The highest BCUT2D eigenvalue weighted by Crippen LogP contribution is 2.36. The molecule has 0 radical (unpaired) electrons. The Kier molecular flexibility index (Phi) is 3.69. The number of hydrogen-bond donors (Lipinski definition) is 0. The summed E-state index contributed by atoms with van der Waals surface area (Å²) in [7, 11) is 0. The highest BCUT2D eigenvalue weighted by molar-refractivity contribution is 14.1. The number of carbonyl (C=O) groups is 1. The minimum absolute atomic E-state index is 0.108. The molecule has 0 spiro atoms. The fourth-order valence-corrected chi connectivity index (χ4v) is 2.78. The molecule has 0 unspecified atom stereocenters. The van der Waals surface area contributed by atoms with Crippen molar-refractivity contribution in [2.45, 2.75) is 25.2 Å². The van der Waals surface area contributed by atoms with Gasteiger partial charge in [-0.05, 0) is 71.2 Å². The van der Waals surface area contributed by atoms with Gasteiger partial charge in [0, 0.05) is 14.7 Å². The zero-order chi connectivity index (χ0) is 13.2. The molecule has 2 aromatic carbocycles. The van der Waals surface area contributed by atoms with Gasteiger partial charge in [-0.25, -0.2) is 0 Å². The highest BCUT2D eigenvalue weighted by Gasteiger charge is 2.19. The van der Waals surface area contributed by atoms with E-state index < -0.39 is 0 Å². The minimum atomic E-state index is 0.108. The van der Waals surface area contributed by atoms with Crippen LogP contribution in [0, 0.1) is 3.57 Å². The zero-order valence-electron chi connectivity index (χ0n) is 10.6. The largest absolute Gasteiger partial charge is 0.289 e. The average molecular weight is 362 g/mol. The van der Waals surface area contributed by atoms with Crippen LogP contribution < -0.4 is 0 Å². The summed E-state index contributed by atoms with van der Waals surface area (Å²) in [5, 5.41) is 0. The van der Waals surface area contributed by atoms with Crippen LogP contribution in [0.2, 0.25) is 0 Å². The Morgan fingerprint density at radius 3 is 1.89 bits per heavy atom. The normalized spacial score (nSPS) is 15.0. The smallest absolute Gasteiger partial charge is 0.193 e. The fraction of sp³-hybridized carbons (Fsp3) is 0.235. The molecular formula is C17H15IO. The molecular weight excluding hydrogens is 347 g/mol. The van der Waals surface area contributed by atoms with Crippen LogP contribution >= 0.6 is 22.6 Å². The monoisotopic (exact) mass is 362 g/mol. The molecule has 2 aromatic rings. The Labute approximate surface area is 127 Å². The second-order valence-corrected chi connectivity index (χ2v) is 6.33. The van der Waals surface area contributed by atoms with Crippen molar-refractivity contribution in [1.82, 2.24) is 0 Å². The lowest BCUT2D eigenvalue weighted by Gasteiger charge is -2.25. The molecule has 3 rings (SSSR count). The highest BCUT2D eigenvalue weighted by atomic mass is 127. The van der Waals surface area contributed by atoms with E-state index in [1.807, 2.05) is 36.4 Å². The zero-order valence-corrected chi connectivity index (χ0v) is 12.8. The molecule has 0 saturated heterocycles. The molecule has 1 nitrogen and oxygen atoms in total. The van der Waals surface area contributed by atoms with Crippen molar-refractivity contribution in [3.8, 4) is 0 Å². The fourth-order valence-electron chi connectivity index (χ4n) is 2.42. The van der Waals surface area contributed by atoms with Crippen molar-refractivity contribution in [1.29, 1.82) is 0 Å². The van der Waals surface area contributed by atoms with Gasteiger partial charge in [-0.2, -0.15) is 0 Å². The summed E-state index contributed by atoms with van der Waals surface area (Å²) in [6, 6.07) is 15.9. The summed E-state index contributed by atoms with van der Waals surface area (Å²) in [5.41, 5.74) is 2.92. The van der Waals surface area contributed by atoms with Crippen molar-refractivity contribution < 1.29 is 4.79 Å². The van der Waals surface area contributed by atoms with Crippen LogP contribution in [0.3, 0.4) is 0 Å². The molecule has 0 aromatic heterocycles. The van der Waals surface area contributed by atoms with Gasteiger partial charge < -0.3 is 0 Å². The van der Waals surface area contributed by atoms with E-state index in [4.69, 9.17) is 0 Å². The predicted octanol–water partition coefficient (Wildman–Crippen LogP) is 4.79. The third-order valence-corrected chi connectivity index (χ3v) is 4.58. The summed E-state index contributed by atoms with van der Waals surface area (Å²) in [6.45, 7) is 0. The minimum Gasteiger partial charge on any atom is -0.289 e. The van der Waals surface area contributed by atoms with E-state index in [1.54, 1.807) is 0 Å². The summed E-state index contributed by atoms with van der Waals surface area (Å²) in [5.74, 6) is 0.832. The van der Waals surface area contributed by atoms with Crippen molar-refractivity contribution >= 4 is 28.4 Å². The van der Waals surface area contributed by atoms with Gasteiger partial charge >= 0.3 is 0 Å². The van der Waals surface area contributed by atoms with Gasteiger partial charge in [0.25, 0.3) is 0 Å². The van der Waals surface area contributed by atoms with Crippen LogP contribution in [0.25, 0.3) is 0 Å². The molecule has 1 fully saturated rings. The molecule has 0 bridgehead atoms. The van der Waals surface area contributed by atoms with Crippen molar-refractivity contribution in [2.75, 3.05) is 0 Å². The van der Waals surface area contributed by atoms with Gasteiger partial charge in [-0.1, -0.05) is 30.7 Å². The summed E-state index contributed by atoms with van der Waals surface area (Å²) in [6.07, 6.45) is 3.93. The van der Waals surface area contributed by atoms with Crippen LogP contribution in [0.4, 0.5) is 0 Å². The van der Waals surface area contributed by atoms with Gasteiger partial charge in [-0.15, -0.1) is 0 Å². The number of rotatable bonds is 3. The molecule has 0 aliphatic heterocycles. The first-order valence-corrected chi connectivity index (χ1v) is 7.72. The van der Waals surface area contributed by atoms with Crippen LogP contribution in [0.15, 0.2) is 48.5 Å². The molecule has 2 heteroatoms. The maximum absolute atomic E-state index is 12.3. The Balaban J connectivity index is 1.81. The predicted molar refractivity (Wildman–Crippen MR) is 85.6 cm³/mol. The van der Waals surface area contributed by atoms with Crippen LogP contribution in [0.1, 0.15) is 46.7 Å². The SMILES string of the molecule is O=C(c1ccc(I)cc1)c1ccc(C2CCC2)cc1. The molecule has 19 heavy (non-hydrogen) atoms. The Morgan fingerprint density at radius 1 is 0.895 bits per heavy atom. The molecule has 0 N–H and O–H groups in total. The van der Waals surface area contributed by atoms with Crippen molar-refractivity contribution in [2.24, 2.45) is 0 Å². The maximum atomic E-state index is 12.3. The van der Waals surface area contributed by atoms with E-state index >= 15 is 0 Å². The number of carbonyl (C=O) groups excluding carboxylic acids is 1. The quantitative estimate of drug-likeness (QED) is 0.567. The molecule has 96 valence electrons. The first-order chi connectivity index (χ1) is 9.24. The van der Waals surface area contributed by atoms with Crippen molar-refractivity contribution in [3.05, 3.63) is 68.8 Å². The van der Waals surface area contributed by atoms with Gasteiger partial charge in [0.2, 0.25) is 0 Å². The number of hydrogen-bond acceptors (Lipinski definition) is 1. The molecule has 1 saturated carbocycles. The summed E-state index contributed by atoms with van der Waals surface area (Å²) >= 11 is 2.25. The Bertz CT molecular complexity index is 580. The number of ketones is 1. The van der Waals surface area contributed by atoms with Crippen LogP contribution in [-0.4, -0.2) is 5.78 Å². The topological polar surface area (TPSA) is 17.1 Å². The van der Waals surface area contributed by atoms with E-state index in [1.165, 1.54) is 24.8 Å². The van der Waals surface area contributed by atoms with Gasteiger partial charge in [0.15, 0.2) is 5.78 Å². The molecule has 1 aliphatic carbocycles. The second kappa shape index (κ2) is 5.45. The third kappa shape index (κ3) is 2.73. The third-order valence-electron chi connectivity index (χ3n) is 3.86. The lowest BCUT2D eigenvalue weighted by atomic mass is 9.80. The molecule has 1 aliphatic rings. The number of benzene rings is 2. The molecule has 0 amide bonds. The van der Waals surface area contributed by atoms with Gasteiger partial charge in [0.1, 0.15) is 0 Å². The first kappa shape index (κ1) is 12.9. The number of halogens is 1. The molecule has 0 atom stereocenters. The second-order valence-electron chi connectivity index (χ2n) is 5.09. The lowest BCUT2D eigenvalue weighted by Crippen LogP contribution is -2.09. The Hall–Kier alpha value is -1.16. The van der Waals surface area contributed by atoms with Gasteiger partial charge in [-0.3, -0.25) is 4.79 Å². The van der Waals surface area contributed by atoms with Gasteiger partial charge in [0.05, 0.1) is 0 Å². The Morgan fingerprint density at radius 2 is 1.42 bits per heavy atom. The summed E-state index contributed by atoms with van der Waals surface area (Å²) < 4.78 is 1.15. The van der Waals surface area contributed by atoms with E-state index in [9.17, 15) is 4.79 Å². The lowest BCUT2D eigenvalue weighted by molar-refractivity contribution is 0.103. The summed E-state index contributed by atoms with van der Waals surface area (Å²) in [4.78, 5) is 12.3.